The van der Waals surface area contributed by atoms with Gasteiger partial charge in [-0.05, 0) is 82.4 Å². The summed E-state index contributed by atoms with van der Waals surface area (Å²) >= 11 is 0. The second kappa shape index (κ2) is 13.6. The van der Waals surface area contributed by atoms with E-state index in [4.69, 9.17) is 10.7 Å². The lowest BCUT2D eigenvalue weighted by Gasteiger charge is -2.25. The summed E-state index contributed by atoms with van der Waals surface area (Å²) in [5, 5.41) is 13.3. The van der Waals surface area contributed by atoms with Gasteiger partial charge in [0.1, 0.15) is 0 Å². The maximum atomic E-state index is 12.5. The summed E-state index contributed by atoms with van der Waals surface area (Å²) in [6.07, 6.45) is 10.9. The minimum atomic E-state index is -0.455. The minimum absolute atomic E-state index is 0.391. The van der Waals surface area contributed by atoms with Gasteiger partial charge in [-0.2, -0.15) is 0 Å². The zero-order valence-corrected chi connectivity index (χ0v) is 21.7. The third kappa shape index (κ3) is 9.23. The predicted molar refractivity (Wildman–Crippen MR) is 145 cm³/mol. The maximum Gasteiger partial charge on any atom is 0.248 e. The molecule has 35 heavy (non-hydrogen) atoms. The van der Waals surface area contributed by atoms with E-state index in [9.17, 15) is 9.90 Å². The van der Waals surface area contributed by atoms with Crippen molar-refractivity contribution in [1.29, 1.82) is 0 Å². The molecular formula is C30H43N3O2. The monoisotopic (exact) mass is 477 g/mol. The Kier molecular flexibility index (Phi) is 10.5. The fourth-order valence-corrected chi connectivity index (χ4v) is 4.61. The van der Waals surface area contributed by atoms with Gasteiger partial charge >= 0.3 is 0 Å². The number of hydrogen-bond acceptors (Lipinski definition) is 4. The van der Waals surface area contributed by atoms with E-state index in [0.29, 0.717) is 24.0 Å². The second-order valence-corrected chi connectivity index (χ2v) is 10.3. The molecule has 0 spiro atoms. The topological polar surface area (TPSA) is 87.7 Å². The molecule has 1 fully saturated rings. The number of aliphatic hydroxyl groups excluding tert-OH is 1. The van der Waals surface area contributed by atoms with E-state index in [2.05, 4.69) is 31.3 Å². The molecule has 5 nitrogen and oxygen atoms in total. The predicted octanol–water partition coefficient (Wildman–Crippen LogP) is 5.41. The molecule has 0 aliphatic heterocycles. The number of benzene rings is 1. The van der Waals surface area contributed by atoms with E-state index in [1.165, 1.54) is 35.3 Å². The van der Waals surface area contributed by atoms with Crippen molar-refractivity contribution >= 4 is 11.6 Å². The van der Waals surface area contributed by atoms with Crippen LogP contribution in [0.4, 0.5) is 0 Å². The molecule has 3 rings (SSSR count). The number of aliphatic hydroxyl groups is 1. The molecule has 2 aliphatic carbocycles. The summed E-state index contributed by atoms with van der Waals surface area (Å²) in [6.45, 7) is 7.90. The summed E-state index contributed by atoms with van der Waals surface area (Å²) < 4.78 is 0. The fraction of sp³-hybridized carbons (Fsp3) is 0.533. The molecule has 4 N–H and O–H groups in total. The van der Waals surface area contributed by atoms with E-state index < -0.39 is 12.0 Å². The van der Waals surface area contributed by atoms with Crippen LogP contribution in [0.5, 0.6) is 0 Å². The van der Waals surface area contributed by atoms with E-state index in [-0.39, 0.29) is 0 Å². The van der Waals surface area contributed by atoms with Crippen molar-refractivity contribution in [1.82, 2.24) is 5.32 Å². The molecule has 0 aromatic heterocycles. The van der Waals surface area contributed by atoms with Crippen LogP contribution in [-0.2, 0) is 11.3 Å². The van der Waals surface area contributed by atoms with Gasteiger partial charge in [0.2, 0.25) is 5.91 Å². The highest BCUT2D eigenvalue weighted by atomic mass is 16.3. The van der Waals surface area contributed by atoms with Crippen LogP contribution in [0.1, 0.15) is 77.7 Å². The van der Waals surface area contributed by atoms with E-state index >= 15 is 0 Å². The third-order valence-corrected chi connectivity index (χ3v) is 6.91. The van der Waals surface area contributed by atoms with E-state index in [0.717, 1.165) is 50.8 Å². The lowest BCUT2D eigenvalue weighted by molar-refractivity contribution is -0.114. The molecule has 0 radical (unpaired) electrons. The highest BCUT2D eigenvalue weighted by Crippen LogP contribution is 2.33. The molecule has 0 saturated heterocycles. The standard InChI is InChI=1S/C30H43N3O2/c1-21-19-29(33-27-14-15-27)22(2)18-26(21)13-16-28(30(31)35)25(12-11-23(3)34)10-7-17-32-20-24-8-5-4-6-9-24/h4-6,8-9,12,16,22-23,27,32,34H,7,10-11,13-15,17-20H2,1-3H3,(H2,31,35). The Balaban J connectivity index is 1.64. The van der Waals surface area contributed by atoms with Gasteiger partial charge in [-0.15, -0.1) is 0 Å². The quantitative estimate of drug-likeness (QED) is 0.154. The van der Waals surface area contributed by atoms with Crippen molar-refractivity contribution in [3.63, 3.8) is 0 Å². The number of amides is 1. The molecule has 2 unspecified atom stereocenters. The van der Waals surface area contributed by atoms with Gasteiger partial charge in [0.05, 0.1) is 12.1 Å². The van der Waals surface area contributed by atoms with Gasteiger partial charge in [0.15, 0.2) is 0 Å². The lowest BCUT2D eigenvalue weighted by Crippen LogP contribution is -2.20. The Morgan fingerprint density at radius 2 is 2.00 bits per heavy atom. The SMILES string of the molecule is CC1=C(CC=C(C(N)=O)C(=CCC(C)O)CCCNCc2ccccc2)CC(C)C(=NC2CC2)C1. The number of allylic oxidation sites excluding steroid dienone is 3. The molecule has 2 atom stereocenters. The van der Waals surface area contributed by atoms with Crippen molar-refractivity contribution in [2.24, 2.45) is 16.6 Å². The Morgan fingerprint density at radius 3 is 2.66 bits per heavy atom. The third-order valence-electron chi connectivity index (χ3n) is 6.91. The van der Waals surface area contributed by atoms with Crippen LogP contribution in [0.3, 0.4) is 0 Å². The van der Waals surface area contributed by atoms with Crippen molar-refractivity contribution < 1.29 is 9.90 Å². The Bertz CT molecular complexity index is 969. The Labute approximate surface area is 211 Å². The summed E-state index contributed by atoms with van der Waals surface area (Å²) in [5.74, 6) is 0.0675. The summed E-state index contributed by atoms with van der Waals surface area (Å²) in [7, 11) is 0. The van der Waals surface area contributed by atoms with Gasteiger partial charge in [-0.1, -0.05) is 60.6 Å². The lowest BCUT2D eigenvalue weighted by atomic mass is 9.82. The van der Waals surface area contributed by atoms with Crippen LogP contribution >= 0.6 is 0 Å². The van der Waals surface area contributed by atoms with Gasteiger partial charge in [-0.25, -0.2) is 0 Å². The number of carbonyl (C=O) groups excluding carboxylic acids is 1. The number of aliphatic imine (C=N–C) groups is 1. The number of carbonyl (C=O) groups is 1. The largest absolute Gasteiger partial charge is 0.393 e. The highest BCUT2D eigenvalue weighted by molar-refractivity contribution is 5.96. The average Bonchev–Trinajstić information content (AvgIpc) is 3.64. The van der Waals surface area contributed by atoms with Crippen LogP contribution in [0.2, 0.25) is 0 Å². The molecule has 0 heterocycles. The first kappa shape index (κ1) is 27.1. The first-order valence-electron chi connectivity index (χ1n) is 13.2. The van der Waals surface area contributed by atoms with Gasteiger partial charge in [0.25, 0.3) is 0 Å². The smallest absolute Gasteiger partial charge is 0.248 e. The first-order valence-corrected chi connectivity index (χ1v) is 13.2. The van der Waals surface area contributed by atoms with Crippen LogP contribution in [0, 0.1) is 5.92 Å². The molecule has 190 valence electrons. The number of rotatable bonds is 13. The molecule has 0 bridgehead atoms. The van der Waals surface area contributed by atoms with Crippen molar-refractivity contribution in [3.8, 4) is 0 Å². The Morgan fingerprint density at radius 1 is 1.26 bits per heavy atom. The van der Waals surface area contributed by atoms with Gasteiger partial charge < -0.3 is 16.2 Å². The van der Waals surface area contributed by atoms with Crippen molar-refractivity contribution in [3.05, 3.63) is 70.3 Å². The molecule has 5 heteroatoms. The summed E-state index contributed by atoms with van der Waals surface area (Å²) in [6, 6.07) is 10.9. The minimum Gasteiger partial charge on any atom is -0.393 e. The van der Waals surface area contributed by atoms with E-state index in [1.807, 2.05) is 30.4 Å². The molecule has 1 amide bonds. The average molecular weight is 478 g/mol. The van der Waals surface area contributed by atoms with Crippen molar-refractivity contribution in [2.75, 3.05) is 6.54 Å². The molecule has 1 saturated carbocycles. The normalized spacial score (nSPS) is 21.5. The van der Waals surface area contributed by atoms with Gasteiger partial charge in [0, 0.05) is 24.3 Å². The van der Waals surface area contributed by atoms with Crippen molar-refractivity contribution in [2.45, 2.75) is 90.8 Å². The second-order valence-electron chi connectivity index (χ2n) is 10.3. The highest BCUT2D eigenvalue weighted by Gasteiger charge is 2.26. The molecule has 2 aliphatic rings. The zero-order valence-electron chi connectivity index (χ0n) is 21.7. The number of hydrogen-bond donors (Lipinski definition) is 3. The van der Waals surface area contributed by atoms with Crippen LogP contribution in [0.15, 0.2) is 69.8 Å². The van der Waals surface area contributed by atoms with Gasteiger partial charge in [-0.3, -0.25) is 9.79 Å². The van der Waals surface area contributed by atoms with Crippen LogP contribution < -0.4 is 11.1 Å². The molecular weight excluding hydrogens is 434 g/mol. The maximum absolute atomic E-state index is 12.5. The first-order chi connectivity index (χ1) is 16.8. The summed E-state index contributed by atoms with van der Waals surface area (Å²) in [5.41, 5.74) is 12.8. The Hall–Kier alpha value is -2.50. The summed E-state index contributed by atoms with van der Waals surface area (Å²) in [4.78, 5) is 17.4. The number of primary amides is 1. The van der Waals surface area contributed by atoms with Crippen LogP contribution in [0.25, 0.3) is 0 Å². The number of nitrogens with one attached hydrogen (secondary N) is 1. The molecule has 1 aromatic rings. The fourth-order valence-electron chi connectivity index (χ4n) is 4.61. The zero-order chi connectivity index (χ0) is 25.2. The van der Waals surface area contributed by atoms with Crippen LogP contribution in [-0.4, -0.2) is 35.4 Å². The number of nitrogens with two attached hydrogens (primary N) is 1. The van der Waals surface area contributed by atoms with E-state index in [1.54, 1.807) is 6.92 Å². The number of nitrogens with zero attached hydrogens (tertiary/aromatic N) is 1. The molecule has 1 aromatic carbocycles.